The van der Waals surface area contributed by atoms with Crippen molar-refractivity contribution in [2.75, 3.05) is 0 Å². The lowest BCUT2D eigenvalue weighted by Gasteiger charge is -2.05. The number of carboxylic acids is 1. The molecule has 1 N–H and O–H groups in total. The van der Waals surface area contributed by atoms with Gasteiger partial charge in [0.2, 0.25) is 5.78 Å². The van der Waals surface area contributed by atoms with Crippen LogP contribution in [0.3, 0.4) is 0 Å². The quantitative estimate of drug-likeness (QED) is 0.718. The Kier molecular flexibility index (Phi) is 6.67. The second-order valence-corrected chi connectivity index (χ2v) is 5.98. The molecule has 0 amide bonds. The molecular weight excluding hydrogens is 302 g/mol. The fraction of sp³-hybridized carbons (Fsp3) is 0.350. The SMILES string of the molecule is CCCCc1ccc(CCc2ccc(CC(=O)C(=O)O)nc2)cc1. The minimum absolute atomic E-state index is 0.158. The minimum Gasteiger partial charge on any atom is -0.475 e. The van der Waals surface area contributed by atoms with Gasteiger partial charge in [0.05, 0.1) is 6.42 Å². The highest BCUT2D eigenvalue weighted by atomic mass is 16.4. The molecule has 1 aromatic heterocycles. The molecule has 0 aliphatic rings. The molecule has 0 radical (unpaired) electrons. The van der Waals surface area contributed by atoms with Crippen LogP contribution in [-0.2, 0) is 35.3 Å². The maximum atomic E-state index is 11.2. The largest absolute Gasteiger partial charge is 0.475 e. The zero-order valence-electron chi connectivity index (χ0n) is 14.0. The highest BCUT2D eigenvalue weighted by Crippen LogP contribution is 2.11. The predicted molar refractivity (Wildman–Crippen MR) is 93.0 cm³/mol. The van der Waals surface area contributed by atoms with Crippen molar-refractivity contribution in [2.45, 2.75) is 45.4 Å². The van der Waals surface area contributed by atoms with Crippen LogP contribution in [0.1, 0.15) is 42.1 Å². The Morgan fingerprint density at radius 1 is 0.917 bits per heavy atom. The van der Waals surface area contributed by atoms with E-state index in [2.05, 4.69) is 36.2 Å². The summed E-state index contributed by atoms with van der Waals surface area (Å²) in [5.74, 6) is -2.25. The minimum atomic E-state index is -1.41. The van der Waals surface area contributed by atoms with Gasteiger partial charge in [-0.25, -0.2) is 4.79 Å². The standard InChI is InChI=1S/C20H23NO3/c1-2-3-4-15-5-7-16(8-6-15)9-10-17-11-12-18(21-14-17)13-19(22)20(23)24/h5-8,11-12,14H,2-4,9-10,13H2,1H3,(H,23,24). The molecule has 126 valence electrons. The van der Waals surface area contributed by atoms with Crippen molar-refractivity contribution >= 4 is 11.8 Å². The summed E-state index contributed by atoms with van der Waals surface area (Å²) < 4.78 is 0. The molecular formula is C20H23NO3. The smallest absolute Gasteiger partial charge is 0.372 e. The van der Waals surface area contributed by atoms with Crippen molar-refractivity contribution in [1.29, 1.82) is 0 Å². The average molecular weight is 325 g/mol. The van der Waals surface area contributed by atoms with Crippen LogP contribution in [0.5, 0.6) is 0 Å². The van der Waals surface area contributed by atoms with Gasteiger partial charge in [-0.1, -0.05) is 43.7 Å². The number of hydrogen-bond acceptors (Lipinski definition) is 3. The number of hydrogen-bond donors (Lipinski definition) is 1. The van der Waals surface area contributed by atoms with E-state index >= 15 is 0 Å². The van der Waals surface area contributed by atoms with E-state index < -0.39 is 11.8 Å². The zero-order chi connectivity index (χ0) is 17.4. The molecule has 1 heterocycles. The number of Topliss-reactive ketones (excluding diaryl/α,β-unsaturated/α-hetero) is 1. The van der Waals surface area contributed by atoms with E-state index in [9.17, 15) is 9.59 Å². The topological polar surface area (TPSA) is 67.3 Å². The van der Waals surface area contributed by atoms with E-state index in [-0.39, 0.29) is 6.42 Å². The number of aromatic nitrogens is 1. The van der Waals surface area contributed by atoms with Crippen molar-refractivity contribution in [3.05, 3.63) is 65.0 Å². The van der Waals surface area contributed by atoms with Crippen LogP contribution in [-0.4, -0.2) is 21.8 Å². The van der Waals surface area contributed by atoms with Crippen LogP contribution in [0.15, 0.2) is 42.6 Å². The van der Waals surface area contributed by atoms with Gasteiger partial charge >= 0.3 is 5.97 Å². The third kappa shape index (κ3) is 5.61. The predicted octanol–water partition coefficient (Wildman–Crippen LogP) is 3.41. The van der Waals surface area contributed by atoms with E-state index in [1.54, 1.807) is 12.3 Å². The third-order valence-electron chi connectivity index (χ3n) is 4.01. The number of benzene rings is 1. The lowest BCUT2D eigenvalue weighted by atomic mass is 10.0. The number of carbonyl (C=O) groups excluding carboxylic acids is 1. The third-order valence-corrected chi connectivity index (χ3v) is 4.01. The first-order chi connectivity index (χ1) is 11.6. The normalized spacial score (nSPS) is 10.5. The fourth-order valence-corrected chi connectivity index (χ4v) is 2.49. The highest BCUT2D eigenvalue weighted by Gasteiger charge is 2.12. The van der Waals surface area contributed by atoms with Gasteiger partial charge < -0.3 is 5.11 Å². The summed E-state index contributed by atoms with van der Waals surface area (Å²) in [7, 11) is 0. The first-order valence-electron chi connectivity index (χ1n) is 8.36. The van der Waals surface area contributed by atoms with Crippen LogP contribution in [0.2, 0.25) is 0 Å². The summed E-state index contributed by atoms with van der Waals surface area (Å²) in [5.41, 5.74) is 4.25. The van der Waals surface area contributed by atoms with Crippen molar-refractivity contribution < 1.29 is 14.7 Å². The van der Waals surface area contributed by atoms with Crippen LogP contribution < -0.4 is 0 Å². The maximum Gasteiger partial charge on any atom is 0.372 e. The molecule has 0 saturated carbocycles. The molecule has 0 unspecified atom stereocenters. The first-order valence-corrected chi connectivity index (χ1v) is 8.36. The van der Waals surface area contributed by atoms with Gasteiger partial charge in [0.15, 0.2) is 0 Å². The highest BCUT2D eigenvalue weighted by molar-refractivity contribution is 6.33. The van der Waals surface area contributed by atoms with Crippen LogP contribution >= 0.6 is 0 Å². The van der Waals surface area contributed by atoms with Gasteiger partial charge in [-0.05, 0) is 48.4 Å². The van der Waals surface area contributed by atoms with E-state index in [0.717, 1.165) is 24.8 Å². The molecule has 2 aromatic rings. The lowest BCUT2D eigenvalue weighted by Crippen LogP contribution is -2.15. The number of carboxylic acid groups (broad SMARTS) is 1. The lowest BCUT2D eigenvalue weighted by molar-refractivity contribution is -0.148. The Hall–Kier alpha value is -2.49. The molecule has 2 rings (SSSR count). The monoisotopic (exact) mass is 325 g/mol. The molecule has 0 atom stereocenters. The molecule has 4 nitrogen and oxygen atoms in total. The van der Waals surface area contributed by atoms with E-state index in [0.29, 0.717) is 5.69 Å². The Labute approximate surface area is 142 Å². The van der Waals surface area contributed by atoms with Gasteiger partial charge in [-0.3, -0.25) is 9.78 Å². The van der Waals surface area contributed by atoms with E-state index in [1.807, 2.05) is 6.07 Å². The number of unbranched alkanes of at least 4 members (excludes halogenated alkanes) is 1. The number of aryl methyl sites for hydroxylation is 3. The van der Waals surface area contributed by atoms with Crippen LogP contribution in [0, 0.1) is 0 Å². The van der Waals surface area contributed by atoms with E-state index in [1.165, 1.54) is 24.0 Å². The van der Waals surface area contributed by atoms with Gasteiger partial charge in [0.25, 0.3) is 0 Å². The molecule has 24 heavy (non-hydrogen) atoms. The van der Waals surface area contributed by atoms with Crippen molar-refractivity contribution in [3.63, 3.8) is 0 Å². The second-order valence-electron chi connectivity index (χ2n) is 5.98. The zero-order valence-corrected chi connectivity index (χ0v) is 14.0. The Balaban J connectivity index is 1.85. The fourth-order valence-electron chi connectivity index (χ4n) is 2.49. The van der Waals surface area contributed by atoms with Crippen molar-refractivity contribution in [3.8, 4) is 0 Å². The van der Waals surface area contributed by atoms with E-state index in [4.69, 9.17) is 5.11 Å². The first kappa shape index (κ1) is 17.9. The summed E-state index contributed by atoms with van der Waals surface area (Å²) in [6, 6.07) is 12.4. The molecule has 1 aromatic carbocycles. The van der Waals surface area contributed by atoms with Gasteiger partial charge in [0, 0.05) is 11.9 Å². The molecule has 0 saturated heterocycles. The summed E-state index contributed by atoms with van der Waals surface area (Å²) in [6.07, 6.45) is 6.94. The molecule has 0 aliphatic carbocycles. The molecule has 0 bridgehead atoms. The second kappa shape index (κ2) is 8.96. The van der Waals surface area contributed by atoms with Gasteiger partial charge in [-0.2, -0.15) is 0 Å². The molecule has 4 heteroatoms. The number of ketones is 1. The van der Waals surface area contributed by atoms with Crippen molar-refractivity contribution in [2.24, 2.45) is 0 Å². The molecule has 0 aliphatic heterocycles. The number of nitrogens with zero attached hydrogens (tertiary/aromatic N) is 1. The summed E-state index contributed by atoms with van der Waals surface area (Å²) in [4.78, 5) is 25.9. The molecule has 0 spiro atoms. The van der Waals surface area contributed by atoms with Crippen molar-refractivity contribution in [1.82, 2.24) is 4.98 Å². The Morgan fingerprint density at radius 3 is 2.04 bits per heavy atom. The summed E-state index contributed by atoms with van der Waals surface area (Å²) in [5, 5.41) is 8.60. The van der Waals surface area contributed by atoms with Gasteiger partial charge in [-0.15, -0.1) is 0 Å². The number of carbonyl (C=O) groups is 2. The Bertz CT molecular complexity index is 675. The van der Waals surface area contributed by atoms with Crippen LogP contribution in [0.4, 0.5) is 0 Å². The number of pyridine rings is 1. The van der Waals surface area contributed by atoms with Gasteiger partial charge in [0.1, 0.15) is 0 Å². The molecule has 0 fully saturated rings. The van der Waals surface area contributed by atoms with Crippen LogP contribution in [0.25, 0.3) is 0 Å². The number of rotatable bonds is 9. The summed E-state index contributed by atoms with van der Waals surface area (Å²) in [6.45, 7) is 2.20. The summed E-state index contributed by atoms with van der Waals surface area (Å²) >= 11 is 0. The Morgan fingerprint density at radius 2 is 1.50 bits per heavy atom. The average Bonchev–Trinajstić information content (AvgIpc) is 2.60. The maximum absolute atomic E-state index is 11.2. The number of aliphatic carboxylic acids is 1.